The molecule has 0 aromatic heterocycles. The Morgan fingerprint density at radius 3 is 2.60 bits per heavy atom. The van der Waals surface area contributed by atoms with Gasteiger partial charge in [-0.05, 0) is 30.4 Å². The summed E-state index contributed by atoms with van der Waals surface area (Å²) in [7, 11) is 0. The summed E-state index contributed by atoms with van der Waals surface area (Å²) in [6.45, 7) is 0. The van der Waals surface area contributed by atoms with Crippen LogP contribution in [-0.4, -0.2) is 11.5 Å². The molecule has 0 saturated heterocycles. The van der Waals surface area contributed by atoms with Gasteiger partial charge in [0.25, 0.3) is 0 Å². The molecule has 4 heteroatoms. The lowest BCUT2D eigenvalue weighted by atomic mass is 10.1. The monoisotopic (exact) mass is 305 g/mol. The van der Waals surface area contributed by atoms with E-state index >= 15 is 0 Å². The zero-order valence-corrected chi connectivity index (χ0v) is 12.6. The van der Waals surface area contributed by atoms with E-state index in [0.717, 1.165) is 22.6 Å². The Kier molecular flexibility index (Phi) is 5.50. The fraction of sp³-hybridized carbons (Fsp3) is 0.188. The topological polar surface area (TPSA) is 43.1 Å². The number of thioether (sulfide) groups is 1. The maximum atomic E-state index is 11.9. The van der Waals surface area contributed by atoms with Gasteiger partial charge in [-0.25, -0.2) is 0 Å². The summed E-state index contributed by atoms with van der Waals surface area (Å²) in [6.07, 6.45) is 1.39. The Labute approximate surface area is 128 Å². The van der Waals surface area contributed by atoms with Crippen LogP contribution in [0.3, 0.4) is 0 Å². The molecule has 2 nitrogen and oxygen atoms in total. The summed E-state index contributed by atoms with van der Waals surface area (Å²) in [4.78, 5) is 12.9. The van der Waals surface area contributed by atoms with Crippen molar-refractivity contribution < 1.29 is 4.79 Å². The Bertz CT molecular complexity index is 586. The van der Waals surface area contributed by atoms with Crippen LogP contribution < -0.4 is 5.73 Å². The van der Waals surface area contributed by atoms with Crippen molar-refractivity contribution in [2.45, 2.75) is 17.7 Å². The molecule has 2 rings (SSSR count). The van der Waals surface area contributed by atoms with Gasteiger partial charge in [-0.2, -0.15) is 0 Å². The smallest absolute Gasteiger partial charge is 0.162 e. The van der Waals surface area contributed by atoms with Crippen molar-refractivity contribution in [3.63, 3.8) is 0 Å². The molecule has 0 heterocycles. The fourth-order valence-corrected chi connectivity index (χ4v) is 2.91. The van der Waals surface area contributed by atoms with Gasteiger partial charge in [0, 0.05) is 27.6 Å². The van der Waals surface area contributed by atoms with Crippen molar-refractivity contribution in [1.29, 1.82) is 0 Å². The Balaban J connectivity index is 1.78. The van der Waals surface area contributed by atoms with Crippen molar-refractivity contribution in [2.24, 2.45) is 0 Å². The standard InChI is InChI=1S/C16H16ClNOS/c17-13-8-9-16(14(18)11-13)20-10-4-7-15(19)12-5-2-1-3-6-12/h1-3,5-6,8-9,11H,4,7,10,18H2. The Morgan fingerprint density at radius 2 is 1.90 bits per heavy atom. The van der Waals surface area contributed by atoms with Crippen LogP contribution in [0.4, 0.5) is 5.69 Å². The summed E-state index contributed by atoms with van der Waals surface area (Å²) in [5, 5.41) is 0.645. The molecule has 0 aliphatic rings. The molecule has 2 N–H and O–H groups in total. The molecule has 104 valence electrons. The molecule has 2 aromatic carbocycles. The number of carbonyl (C=O) groups is 1. The van der Waals surface area contributed by atoms with Crippen molar-refractivity contribution in [3.05, 3.63) is 59.1 Å². The van der Waals surface area contributed by atoms with Crippen molar-refractivity contribution in [2.75, 3.05) is 11.5 Å². The highest BCUT2D eigenvalue weighted by molar-refractivity contribution is 7.99. The number of nitrogen functional groups attached to an aromatic ring is 1. The summed E-state index contributed by atoms with van der Waals surface area (Å²) >= 11 is 7.51. The maximum absolute atomic E-state index is 11.9. The number of Topliss-reactive ketones (excluding diaryl/α,β-unsaturated/α-hetero) is 1. The molecule has 0 saturated carbocycles. The van der Waals surface area contributed by atoms with E-state index in [9.17, 15) is 4.79 Å². The fourth-order valence-electron chi connectivity index (χ4n) is 1.83. The predicted octanol–water partition coefficient (Wildman–Crippen LogP) is 4.68. The predicted molar refractivity (Wildman–Crippen MR) is 86.6 cm³/mol. The third-order valence-corrected chi connectivity index (χ3v) is 4.28. The molecule has 2 aromatic rings. The lowest BCUT2D eigenvalue weighted by Crippen LogP contribution is -1.99. The van der Waals surface area contributed by atoms with Crippen LogP contribution >= 0.6 is 23.4 Å². The first-order chi connectivity index (χ1) is 9.66. The Hall–Kier alpha value is -1.45. The van der Waals surface area contributed by atoms with E-state index in [2.05, 4.69) is 0 Å². The average molecular weight is 306 g/mol. The molecule has 0 spiro atoms. The molecule has 0 atom stereocenters. The zero-order valence-electron chi connectivity index (χ0n) is 11.0. The lowest BCUT2D eigenvalue weighted by Gasteiger charge is -2.05. The number of hydrogen-bond donors (Lipinski definition) is 1. The summed E-state index contributed by atoms with van der Waals surface area (Å²) in [5.41, 5.74) is 7.35. The highest BCUT2D eigenvalue weighted by Crippen LogP contribution is 2.28. The molecule has 0 aliphatic carbocycles. The Morgan fingerprint density at radius 1 is 1.15 bits per heavy atom. The number of carbonyl (C=O) groups excluding carboxylic acids is 1. The molecule has 0 unspecified atom stereocenters. The second-order valence-electron chi connectivity index (χ2n) is 4.42. The van der Waals surface area contributed by atoms with E-state index in [0.29, 0.717) is 17.1 Å². The second-order valence-corrected chi connectivity index (χ2v) is 6.00. The first kappa shape index (κ1) is 14.9. The molecule has 0 radical (unpaired) electrons. The van der Waals surface area contributed by atoms with E-state index in [1.807, 2.05) is 42.5 Å². The van der Waals surface area contributed by atoms with Gasteiger partial charge >= 0.3 is 0 Å². The van der Waals surface area contributed by atoms with Crippen LogP contribution in [0.1, 0.15) is 23.2 Å². The normalized spacial score (nSPS) is 10.4. The number of benzene rings is 2. The number of nitrogens with two attached hydrogens (primary N) is 1. The van der Waals surface area contributed by atoms with Crippen LogP contribution in [0, 0.1) is 0 Å². The molecule has 0 aliphatic heterocycles. The van der Waals surface area contributed by atoms with Crippen molar-refractivity contribution in [3.8, 4) is 0 Å². The maximum Gasteiger partial charge on any atom is 0.162 e. The molecule has 0 fully saturated rings. The first-order valence-electron chi connectivity index (χ1n) is 6.43. The number of rotatable bonds is 6. The quantitative estimate of drug-likeness (QED) is 0.365. The van der Waals surface area contributed by atoms with Crippen LogP contribution in [-0.2, 0) is 0 Å². The minimum absolute atomic E-state index is 0.190. The number of ketones is 1. The first-order valence-corrected chi connectivity index (χ1v) is 7.79. The zero-order chi connectivity index (χ0) is 14.4. The molecule has 20 heavy (non-hydrogen) atoms. The van der Waals surface area contributed by atoms with E-state index in [4.69, 9.17) is 17.3 Å². The van der Waals surface area contributed by atoms with Crippen LogP contribution in [0.2, 0.25) is 5.02 Å². The molecule has 0 bridgehead atoms. The highest BCUT2D eigenvalue weighted by Gasteiger charge is 2.05. The number of halogens is 1. The summed E-state index contributed by atoms with van der Waals surface area (Å²) < 4.78 is 0. The third kappa shape index (κ3) is 4.29. The van der Waals surface area contributed by atoms with Gasteiger partial charge in [0.2, 0.25) is 0 Å². The van der Waals surface area contributed by atoms with Gasteiger partial charge in [0.05, 0.1) is 0 Å². The summed E-state index contributed by atoms with van der Waals surface area (Å²) in [5.74, 6) is 1.06. The molecular weight excluding hydrogens is 290 g/mol. The van der Waals surface area contributed by atoms with Crippen LogP contribution in [0.5, 0.6) is 0 Å². The van der Waals surface area contributed by atoms with Gasteiger partial charge in [-0.15, -0.1) is 11.8 Å². The summed E-state index contributed by atoms with van der Waals surface area (Å²) in [6, 6.07) is 14.9. The van der Waals surface area contributed by atoms with Gasteiger partial charge in [-0.1, -0.05) is 41.9 Å². The van der Waals surface area contributed by atoms with Crippen molar-refractivity contribution in [1.82, 2.24) is 0 Å². The van der Waals surface area contributed by atoms with Crippen molar-refractivity contribution >= 4 is 34.8 Å². The van der Waals surface area contributed by atoms with E-state index < -0.39 is 0 Å². The minimum Gasteiger partial charge on any atom is -0.398 e. The third-order valence-electron chi connectivity index (χ3n) is 2.87. The van der Waals surface area contributed by atoms with E-state index in [1.54, 1.807) is 17.8 Å². The van der Waals surface area contributed by atoms with Crippen LogP contribution in [0.25, 0.3) is 0 Å². The lowest BCUT2D eigenvalue weighted by molar-refractivity contribution is 0.0982. The van der Waals surface area contributed by atoms with Crippen LogP contribution in [0.15, 0.2) is 53.4 Å². The molecular formula is C16H16ClNOS. The SMILES string of the molecule is Nc1cc(Cl)ccc1SCCCC(=O)c1ccccc1. The van der Waals surface area contributed by atoms with Gasteiger partial charge < -0.3 is 5.73 Å². The average Bonchev–Trinajstić information content (AvgIpc) is 2.46. The minimum atomic E-state index is 0.190. The van der Waals surface area contributed by atoms with Gasteiger partial charge in [0.1, 0.15) is 0 Å². The highest BCUT2D eigenvalue weighted by atomic mass is 35.5. The van der Waals surface area contributed by atoms with E-state index in [1.165, 1.54) is 0 Å². The van der Waals surface area contributed by atoms with Gasteiger partial charge in [-0.3, -0.25) is 4.79 Å². The molecule has 0 amide bonds. The van der Waals surface area contributed by atoms with E-state index in [-0.39, 0.29) is 5.78 Å². The number of hydrogen-bond acceptors (Lipinski definition) is 3. The largest absolute Gasteiger partial charge is 0.398 e. The second kappa shape index (κ2) is 7.36. The van der Waals surface area contributed by atoms with Gasteiger partial charge in [0.15, 0.2) is 5.78 Å². The number of anilines is 1.